The molecule has 0 saturated heterocycles. The number of imidazole rings is 1. The molecule has 2 aromatic heterocycles. The Morgan fingerprint density at radius 2 is 2.27 bits per heavy atom. The minimum atomic E-state index is 0.260. The van der Waals surface area contributed by atoms with E-state index in [0.29, 0.717) is 5.65 Å². The number of anilines is 1. The number of hydrogen-bond donors (Lipinski definition) is 1. The number of fused-ring (bicyclic) bond motifs is 1. The first-order chi connectivity index (χ1) is 5.27. The van der Waals surface area contributed by atoms with Crippen LogP contribution in [-0.2, 0) is 7.05 Å². The van der Waals surface area contributed by atoms with Crippen molar-refractivity contribution in [1.82, 2.24) is 19.5 Å². The predicted octanol–water partition coefficient (Wildman–Crippen LogP) is -0.0545. The summed E-state index contributed by atoms with van der Waals surface area (Å²) in [5.41, 5.74) is 6.89. The lowest BCUT2D eigenvalue weighted by atomic mass is 10.5. The molecule has 0 aliphatic carbocycles. The lowest BCUT2D eigenvalue weighted by Crippen LogP contribution is -1.94. The summed E-state index contributed by atoms with van der Waals surface area (Å²) in [5.74, 6) is 0.260. The second kappa shape index (κ2) is 1.91. The summed E-state index contributed by atoms with van der Waals surface area (Å²) in [6.07, 6.45) is 3.34. The summed E-state index contributed by atoms with van der Waals surface area (Å²) < 4.78 is 1.84. The number of rotatable bonds is 0. The van der Waals surface area contributed by atoms with Crippen LogP contribution in [0.3, 0.4) is 0 Å². The number of aromatic nitrogens is 4. The van der Waals surface area contributed by atoms with Crippen molar-refractivity contribution < 1.29 is 0 Å². The highest BCUT2D eigenvalue weighted by molar-refractivity contribution is 5.70. The molecule has 0 bridgehead atoms. The molecule has 0 aromatic carbocycles. The molecule has 0 aliphatic rings. The topological polar surface area (TPSA) is 69.6 Å². The highest BCUT2D eigenvalue weighted by Crippen LogP contribution is 2.07. The van der Waals surface area contributed by atoms with E-state index in [1.807, 2.05) is 11.6 Å². The van der Waals surface area contributed by atoms with Gasteiger partial charge in [0, 0.05) is 7.05 Å². The largest absolute Gasteiger partial charge is 0.368 e. The molecule has 2 aromatic rings. The van der Waals surface area contributed by atoms with Gasteiger partial charge in [-0.2, -0.15) is 4.98 Å². The third-order valence-electron chi connectivity index (χ3n) is 1.50. The maximum Gasteiger partial charge on any atom is 0.222 e. The molecule has 0 amide bonds. The Labute approximate surface area is 62.9 Å². The smallest absolute Gasteiger partial charge is 0.222 e. The van der Waals surface area contributed by atoms with Crippen molar-refractivity contribution in [2.24, 2.45) is 7.05 Å². The molecule has 11 heavy (non-hydrogen) atoms. The summed E-state index contributed by atoms with van der Waals surface area (Å²) in [7, 11) is 1.88. The van der Waals surface area contributed by atoms with Gasteiger partial charge in [-0.05, 0) is 0 Å². The summed E-state index contributed by atoms with van der Waals surface area (Å²) in [4.78, 5) is 11.8. The first-order valence-electron chi connectivity index (χ1n) is 3.17. The van der Waals surface area contributed by atoms with Crippen LogP contribution >= 0.6 is 0 Å². The fourth-order valence-electron chi connectivity index (χ4n) is 0.927. The number of nitrogens with zero attached hydrogens (tertiary/aromatic N) is 4. The van der Waals surface area contributed by atoms with Crippen molar-refractivity contribution in [2.75, 3.05) is 5.73 Å². The molecule has 5 nitrogen and oxygen atoms in total. The molecule has 2 N–H and O–H groups in total. The van der Waals surface area contributed by atoms with Gasteiger partial charge in [-0.25, -0.2) is 9.97 Å². The Morgan fingerprint density at radius 1 is 1.45 bits per heavy atom. The summed E-state index contributed by atoms with van der Waals surface area (Å²) in [5, 5.41) is 0. The van der Waals surface area contributed by atoms with Crippen molar-refractivity contribution >= 4 is 17.1 Å². The number of nitrogens with two attached hydrogens (primary N) is 1. The quantitative estimate of drug-likeness (QED) is 0.570. The first kappa shape index (κ1) is 6.09. The van der Waals surface area contributed by atoms with Crippen molar-refractivity contribution in [1.29, 1.82) is 0 Å². The van der Waals surface area contributed by atoms with Crippen LogP contribution in [0, 0.1) is 0 Å². The molecule has 0 spiro atoms. The van der Waals surface area contributed by atoms with E-state index < -0.39 is 0 Å². The highest BCUT2D eigenvalue weighted by atomic mass is 15.1. The Hall–Kier alpha value is -1.65. The normalized spacial score (nSPS) is 10.6. The van der Waals surface area contributed by atoms with E-state index in [9.17, 15) is 0 Å². The number of nitrogen functional groups attached to an aromatic ring is 1. The average Bonchev–Trinajstić information content (AvgIpc) is 2.32. The second-order valence-corrected chi connectivity index (χ2v) is 2.29. The van der Waals surface area contributed by atoms with Crippen LogP contribution < -0.4 is 5.73 Å². The van der Waals surface area contributed by atoms with Gasteiger partial charge in [0.1, 0.15) is 5.52 Å². The molecule has 0 radical (unpaired) electrons. The highest BCUT2D eigenvalue weighted by Gasteiger charge is 2.00. The Balaban J connectivity index is 2.86. The molecule has 0 aliphatic heterocycles. The molecule has 0 saturated carbocycles. The minimum absolute atomic E-state index is 0.260. The van der Waals surface area contributed by atoms with Crippen molar-refractivity contribution in [3.05, 3.63) is 12.5 Å². The van der Waals surface area contributed by atoms with Crippen LogP contribution in [0.2, 0.25) is 0 Å². The molecule has 56 valence electrons. The van der Waals surface area contributed by atoms with Crippen molar-refractivity contribution in [3.63, 3.8) is 0 Å². The van der Waals surface area contributed by atoms with Crippen molar-refractivity contribution in [2.45, 2.75) is 0 Å². The lowest BCUT2D eigenvalue weighted by molar-refractivity contribution is 0.945. The standard InChI is InChI=1S/C6H7N5/c1-11-3-9-5-4(11)2-8-6(7)10-5/h2-3H,1H3,(H2,7,8,10). The van der Waals surface area contributed by atoms with Crippen molar-refractivity contribution in [3.8, 4) is 0 Å². The lowest BCUT2D eigenvalue weighted by Gasteiger charge is -1.92. The van der Waals surface area contributed by atoms with Crippen LogP contribution in [0.5, 0.6) is 0 Å². The van der Waals surface area contributed by atoms with Gasteiger partial charge < -0.3 is 10.3 Å². The van der Waals surface area contributed by atoms with Crippen LogP contribution in [0.4, 0.5) is 5.95 Å². The van der Waals surface area contributed by atoms with Gasteiger partial charge in [-0.15, -0.1) is 0 Å². The van der Waals surface area contributed by atoms with E-state index in [-0.39, 0.29) is 5.95 Å². The molecule has 5 heteroatoms. The zero-order valence-electron chi connectivity index (χ0n) is 6.02. The first-order valence-corrected chi connectivity index (χ1v) is 3.17. The van der Waals surface area contributed by atoms with Gasteiger partial charge in [-0.3, -0.25) is 0 Å². The fourth-order valence-corrected chi connectivity index (χ4v) is 0.927. The third-order valence-corrected chi connectivity index (χ3v) is 1.50. The van der Waals surface area contributed by atoms with Crippen LogP contribution in [0.25, 0.3) is 11.2 Å². The van der Waals surface area contributed by atoms with E-state index in [4.69, 9.17) is 5.73 Å². The monoisotopic (exact) mass is 149 g/mol. The number of aryl methyl sites for hydroxylation is 1. The maximum atomic E-state index is 5.36. The van der Waals surface area contributed by atoms with Gasteiger partial charge in [0.25, 0.3) is 0 Å². The van der Waals surface area contributed by atoms with Crippen LogP contribution in [0.15, 0.2) is 12.5 Å². The Kier molecular flexibility index (Phi) is 1.06. The number of hydrogen-bond acceptors (Lipinski definition) is 4. The second-order valence-electron chi connectivity index (χ2n) is 2.29. The van der Waals surface area contributed by atoms with Gasteiger partial charge in [0.05, 0.1) is 12.5 Å². The van der Waals surface area contributed by atoms with E-state index >= 15 is 0 Å². The Morgan fingerprint density at radius 3 is 3.09 bits per heavy atom. The van der Waals surface area contributed by atoms with E-state index in [0.717, 1.165) is 5.52 Å². The van der Waals surface area contributed by atoms with Gasteiger partial charge in [0.2, 0.25) is 5.95 Å². The van der Waals surface area contributed by atoms with Gasteiger partial charge in [-0.1, -0.05) is 0 Å². The SMILES string of the molecule is Cn1cnc2nc(N)ncc21. The molecule has 0 atom stereocenters. The zero-order valence-corrected chi connectivity index (χ0v) is 6.02. The zero-order chi connectivity index (χ0) is 7.84. The summed E-state index contributed by atoms with van der Waals surface area (Å²) in [6, 6.07) is 0. The maximum absolute atomic E-state index is 5.36. The van der Waals surface area contributed by atoms with E-state index in [1.165, 1.54) is 0 Å². The fraction of sp³-hybridized carbons (Fsp3) is 0.167. The molecular formula is C6H7N5. The van der Waals surface area contributed by atoms with Crippen LogP contribution in [-0.4, -0.2) is 19.5 Å². The molecule has 0 unspecified atom stereocenters. The Bertz CT molecular complexity index is 391. The average molecular weight is 149 g/mol. The predicted molar refractivity (Wildman–Crippen MR) is 40.7 cm³/mol. The minimum Gasteiger partial charge on any atom is -0.368 e. The van der Waals surface area contributed by atoms with E-state index in [1.54, 1.807) is 12.5 Å². The summed E-state index contributed by atoms with van der Waals surface area (Å²) >= 11 is 0. The van der Waals surface area contributed by atoms with Gasteiger partial charge in [0.15, 0.2) is 5.65 Å². The van der Waals surface area contributed by atoms with E-state index in [2.05, 4.69) is 15.0 Å². The molecule has 0 fully saturated rings. The molecule has 2 heterocycles. The molecule has 2 rings (SSSR count). The molecular weight excluding hydrogens is 142 g/mol. The van der Waals surface area contributed by atoms with Crippen LogP contribution in [0.1, 0.15) is 0 Å². The van der Waals surface area contributed by atoms with Gasteiger partial charge >= 0.3 is 0 Å². The third kappa shape index (κ3) is 0.813. The summed E-state index contributed by atoms with van der Waals surface area (Å²) in [6.45, 7) is 0.